The molecular weight excluding hydrogens is 238 g/mol. The number of aryl methyl sites for hydroxylation is 1. The van der Waals surface area contributed by atoms with E-state index in [1.165, 1.54) is 5.56 Å². The second-order valence-corrected chi connectivity index (χ2v) is 5.25. The molecule has 2 atom stereocenters. The van der Waals surface area contributed by atoms with Gasteiger partial charge in [-0.15, -0.1) is 0 Å². The molecule has 0 aliphatic rings. The molecule has 0 aromatic heterocycles. The smallest absolute Gasteiger partial charge is 0.305 e. The molecule has 1 rings (SSSR count). The Kier molecular flexibility index (Phi) is 5.87. The number of hydrogen-bond donors (Lipinski definition) is 1. The van der Waals surface area contributed by atoms with E-state index in [0.29, 0.717) is 18.5 Å². The summed E-state index contributed by atoms with van der Waals surface area (Å²) in [6.07, 6.45) is 1.27. The topological polar surface area (TPSA) is 40.5 Å². The summed E-state index contributed by atoms with van der Waals surface area (Å²) in [4.78, 5) is 13.1. The maximum Gasteiger partial charge on any atom is 0.305 e. The normalized spacial score (nSPS) is 13.9. The fourth-order valence-electron chi connectivity index (χ4n) is 2.29. The highest BCUT2D eigenvalue weighted by Gasteiger charge is 2.21. The van der Waals surface area contributed by atoms with Crippen molar-refractivity contribution in [2.75, 3.05) is 11.4 Å². The Bertz CT molecular complexity index is 417. The van der Waals surface area contributed by atoms with Gasteiger partial charge in [0, 0.05) is 18.3 Å². The van der Waals surface area contributed by atoms with E-state index in [1.807, 2.05) is 12.1 Å². The molecule has 1 aromatic rings. The first kappa shape index (κ1) is 15.5. The molecule has 19 heavy (non-hydrogen) atoms. The lowest BCUT2D eigenvalue weighted by Crippen LogP contribution is -2.39. The Balaban J connectivity index is 2.98. The molecule has 0 bridgehead atoms. The van der Waals surface area contributed by atoms with Gasteiger partial charge >= 0.3 is 5.97 Å². The Hall–Kier alpha value is -1.51. The number of hydrogen-bond acceptors (Lipinski definition) is 2. The Labute approximate surface area is 116 Å². The number of carbonyl (C=O) groups is 1. The van der Waals surface area contributed by atoms with Gasteiger partial charge in [0.05, 0.1) is 6.42 Å². The fourth-order valence-corrected chi connectivity index (χ4v) is 2.29. The molecule has 0 amide bonds. The lowest BCUT2D eigenvalue weighted by atomic mass is 9.97. The minimum absolute atomic E-state index is 0.176. The van der Waals surface area contributed by atoms with Crippen molar-refractivity contribution in [1.82, 2.24) is 0 Å². The molecule has 0 saturated carbocycles. The second kappa shape index (κ2) is 7.17. The van der Waals surface area contributed by atoms with E-state index < -0.39 is 5.97 Å². The molecule has 106 valence electrons. The molecular formula is C16H25NO2. The average Bonchev–Trinajstić information content (AvgIpc) is 2.39. The Morgan fingerprint density at radius 3 is 2.47 bits per heavy atom. The highest BCUT2D eigenvalue weighted by Crippen LogP contribution is 2.25. The van der Waals surface area contributed by atoms with Crippen molar-refractivity contribution in [3.8, 4) is 0 Å². The third-order valence-corrected chi connectivity index (χ3v) is 3.95. The van der Waals surface area contributed by atoms with Crippen LogP contribution in [0.3, 0.4) is 0 Å². The Morgan fingerprint density at radius 2 is 1.95 bits per heavy atom. The third-order valence-electron chi connectivity index (χ3n) is 3.95. The van der Waals surface area contributed by atoms with E-state index in [1.54, 1.807) is 0 Å². The van der Waals surface area contributed by atoms with Crippen LogP contribution in [0.15, 0.2) is 24.3 Å². The molecule has 0 aliphatic carbocycles. The highest BCUT2D eigenvalue weighted by molar-refractivity contribution is 5.68. The van der Waals surface area contributed by atoms with E-state index in [4.69, 9.17) is 5.11 Å². The lowest BCUT2D eigenvalue weighted by molar-refractivity contribution is -0.136. The fraction of sp³-hybridized carbons (Fsp3) is 0.562. The molecule has 0 heterocycles. The largest absolute Gasteiger partial charge is 0.481 e. The van der Waals surface area contributed by atoms with Crippen LogP contribution >= 0.6 is 0 Å². The maximum atomic E-state index is 10.9. The zero-order chi connectivity index (χ0) is 14.4. The van der Waals surface area contributed by atoms with E-state index in [2.05, 4.69) is 44.7 Å². The second-order valence-electron chi connectivity index (χ2n) is 5.25. The van der Waals surface area contributed by atoms with Gasteiger partial charge in [-0.25, -0.2) is 0 Å². The summed E-state index contributed by atoms with van der Waals surface area (Å²) < 4.78 is 0. The van der Waals surface area contributed by atoms with Crippen molar-refractivity contribution < 1.29 is 9.90 Å². The van der Waals surface area contributed by atoms with Gasteiger partial charge in [-0.05, 0) is 31.4 Å². The van der Waals surface area contributed by atoms with Gasteiger partial charge in [-0.1, -0.05) is 38.5 Å². The minimum atomic E-state index is -0.741. The zero-order valence-electron chi connectivity index (χ0n) is 12.4. The first-order valence-electron chi connectivity index (χ1n) is 7.01. The third kappa shape index (κ3) is 4.27. The van der Waals surface area contributed by atoms with Gasteiger partial charge in [-0.3, -0.25) is 4.79 Å². The van der Waals surface area contributed by atoms with Crippen LogP contribution in [-0.4, -0.2) is 23.7 Å². The highest BCUT2D eigenvalue weighted by atomic mass is 16.4. The molecule has 0 saturated heterocycles. The molecule has 2 unspecified atom stereocenters. The van der Waals surface area contributed by atoms with E-state index in [-0.39, 0.29) is 6.42 Å². The molecule has 0 fully saturated rings. The average molecular weight is 263 g/mol. The predicted molar refractivity (Wildman–Crippen MR) is 79.7 cm³/mol. The summed E-state index contributed by atoms with van der Waals surface area (Å²) in [5, 5.41) is 8.93. The molecule has 1 aromatic carbocycles. The quantitative estimate of drug-likeness (QED) is 0.815. The van der Waals surface area contributed by atoms with Crippen molar-refractivity contribution in [1.29, 1.82) is 0 Å². The molecule has 0 radical (unpaired) electrons. The van der Waals surface area contributed by atoms with Gasteiger partial charge in [0.2, 0.25) is 0 Å². The van der Waals surface area contributed by atoms with Gasteiger partial charge in [0.25, 0.3) is 0 Å². The Morgan fingerprint density at radius 1 is 1.32 bits per heavy atom. The van der Waals surface area contributed by atoms with Crippen LogP contribution in [0.4, 0.5) is 5.69 Å². The van der Waals surface area contributed by atoms with Crippen molar-refractivity contribution in [2.24, 2.45) is 5.92 Å². The molecule has 0 aliphatic heterocycles. The number of benzene rings is 1. The number of anilines is 1. The summed E-state index contributed by atoms with van der Waals surface area (Å²) in [5.41, 5.74) is 2.35. The predicted octanol–water partition coefficient (Wildman–Crippen LogP) is 3.71. The number of carboxylic acid groups (broad SMARTS) is 1. The zero-order valence-corrected chi connectivity index (χ0v) is 12.4. The molecule has 3 nitrogen and oxygen atoms in total. The first-order chi connectivity index (χ1) is 8.97. The van der Waals surface area contributed by atoms with Crippen LogP contribution in [0.5, 0.6) is 0 Å². The van der Waals surface area contributed by atoms with Crippen molar-refractivity contribution in [3.63, 3.8) is 0 Å². The van der Waals surface area contributed by atoms with Crippen LogP contribution in [0.2, 0.25) is 0 Å². The molecule has 1 N–H and O–H groups in total. The number of rotatable bonds is 7. The van der Waals surface area contributed by atoms with Crippen molar-refractivity contribution >= 4 is 11.7 Å². The molecule has 0 spiro atoms. The standard InChI is InChI=1S/C16H25NO2/c1-5-12(2)14(4)17(11-10-16(18)19)15-9-7-6-8-13(15)3/h6-9,12,14H,5,10-11H2,1-4H3,(H,18,19). The number of nitrogens with zero attached hydrogens (tertiary/aromatic N) is 1. The molecule has 3 heteroatoms. The van der Waals surface area contributed by atoms with E-state index >= 15 is 0 Å². The van der Waals surface area contributed by atoms with Crippen molar-refractivity contribution in [2.45, 2.75) is 46.6 Å². The summed E-state index contributed by atoms with van der Waals surface area (Å²) >= 11 is 0. The van der Waals surface area contributed by atoms with Crippen LogP contribution < -0.4 is 4.90 Å². The first-order valence-corrected chi connectivity index (χ1v) is 7.01. The van der Waals surface area contributed by atoms with Gasteiger partial charge in [0.1, 0.15) is 0 Å². The van der Waals surface area contributed by atoms with Crippen LogP contribution in [0.1, 0.15) is 39.2 Å². The van der Waals surface area contributed by atoms with Gasteiger partial charge in [-0.2, -0.15) is 0 Å². The van der Waals surface area contributed by atoms with Crippen molar-refractivity contribution in [3.05, 3.63) is 29.8 Å². The minimum Gasteiger partial charge on any atom is -0.481 e. The summed E-state index contributed by atoms with van der Waals surface area (Å²) in [6, 6.07) is 8.52. The summed E-state index contributed by atoms with van der Waals surface area (Å²) in [7, 11) is 0. The monoisotopic (exact) mass is 263 g/mol. The van der Waals surface area contributed by atoms with Crippen LogP contribution in [-0.2, 0) is 4.79 Å². The number of carboxylic acids is 1. The summed E-state index contributed by atoms with van der Waals surface area (Å²) in [6.45, 7) is 9.21. The lowest BCUT2D eigenvalue weighted by Gasteiger charge is -2.35. The number of para-hydroxylation sites is 1. The van der Waals surface area contributed by atoms with Gasteiger partial charge < -0.3 is 10.0 Å². The van der Waals surface area contributed by atoms with Crippen LogP contribution in [0, 0.1) is 12.8 Å². The van der Waals surface area contributed by atoms with E-state index in [9.17, 15) is 4.79 Å². The van der Waals surface area contributed by atoms with E-state index in [0.717, 1.165) is 12.1 Å². The summed E-state index contributed by atoms with van der Waals surface area (Å²) in [5.74, 6) is -0.205. The van der Waals surface area contributed by atoms with Crippen LogP contribution in [0.25, 0.3) is 0 Å². The number of aliphatic carboxylic acids is 1. The maximum absolute atomic E-state index is 10.9. The SMILES string of the molecule is CCC(C)C(C)N(CCC(=O)O)c1ccccc1C. The van der Waals surface area contributed by atoms with Gasteiger partial charge in [0.15, 0.2) is 0 Å².